The lowest BCUT2D eigenvalue weighted by Crippen LogP contribution is -2.52. The van der Waals surface area contributed by atoms with E-state index in [-0.39, 0.29) is 11.5 Å². The van der Waals surface area contributed by atoms with Crippen molar-refractivity contribution in [3.8, 4) is 0 Å². The molecule has 0 saturated carbocycles. The largest absolute Gasteiger partial charge is 0.261 e. The van der Waals surface area contributed by atoms with Gasteiger partial charge in [0.05, 0.1) is 4.90 Å². The van der Waals surface area contributed by atoms with Gasteiger partial charge in [-0.2, -0.15) is 4.31 Å². The van der Waals surface area contributed by atoms with Gasteiger partial charge in [-0.3, -0.25) is 10.9 Å². The van der Waals surface area contributed by atoms with Crippen molar-refractivity contribution in [3.63, 3.8) is 0 Å². The van der Waals surface area contributed by atoms with Gasteiger partial charge in [-0.15, -0.1) is 0 Å². The lowest BCUT2D eigenvalue weighted by Gasteiger charge is -2.34. The summed E-state index contributed by atoms with van der Waals surface area (Å²) in [4.78, 5) is 0.319. The first kappa shape index (κ1) is 17.1. The highest BCUT2D eigenvalue weighted by atomic mass is 32.2. The molecule has 0 radical (unpaired) electrons. The highest BCUT2D eigenvalue weighted by molar-refractivity contribution is 7.89. The first-order valence-electron chi connectivity index (χ1n) is 6.63. The van der Waals surface area contributed by atoms with E-state index in [4.69, 9.17) is 0 Å². The van der Waals surface area contributed by atoms with Gasteiger partial charge < -0.3 is 0 Å². The Kier molecular flexibility index (Phi) is 5.70. The molecule has 114 valence electrons. The molecular formula is C14H25N3O2S. The van der Waals surface area contributed by atoms with E-state index in [0.717, 1.165) is 0 Å². The van der Waals surface area contributed by atoms with Crippen molar-refractivity contribution in [3.05, 3.63) is 30.3 Å². The van der Waals surface area contributed by atoms with Crippen LogP contribution in [-0.2, 0) is 10.0 Å². The fraction of sp³-hybridized carbons (Fsp3) is 0.571. The standard InChI is InChI=1S/C14H25N3O2S/c1-14(2,3)13(16-15-4)11-17(5)20(18,19)12-9-7-6-8-10-12/h6-10,13,15-16H,11H2,1-5H3/t13-/m1/s1. The van der Waals surface area contributed by atoms with Crippen LogP contribution in [0.15, 0.2) is 35.2 Å². The molecular weight excluding hydrogens is 274 g/mol. The zero-order valence-electron chi connectivity index (χ0n) is 12.8. The topological polar surface area (TPSA) is 61.4 Å². The van der Waals surface area contributed by atoms with Crippen LogP contribution in [0, 0.1) is 5.41 Å². The van der Waals surface area contributed by atoms with Crippen molar-refractivity contribution in [2.24, 2.45) is 5.41 Å². The summed E-state index contributed by atoms with van der Waals surface area (Å²) in [6.07, 6.45) is 0. The summed E-state index contributed by atoms with van der Waals surface area (Å²) < 4.78 is 26.3. The second kappa shape index (κ2) is 6.67. The Morgan fingerprint density at radius 3 is 2.20 bits per heavy atom. The number of benzene rings is 1. The average Bonchev–Trinajstić information content (AvgIpc) is 2.38. The maximum Gasteiger partial charge on any atom is 0.242 e. The number of hydrogen-bond acceptors (Lipinski definition) is 4. The number of sulfonamides is 1. The van der Waals surface area contributed by atoms with Crippen LogP contribution >= 0.6 is 0 Å². The summed E-state index contributed by atoms with van der Waals surface area (Å²) in [5.41, 5.74) is 5.95. The van der Waals surface area contributed by atoms with Gasteiger partial charge in [-0.1, -0.05) is 39.0 Å². The molecule has 6 heteroatoms. The molecule has 1 aromatic rings. The molecule has 0 aliphatic heterocycles. The molecule has 0 heterocycles. The Balaban J connectivity index is 2.92. The first-order chi connectivity index (χ1) is 9.19. The first-order valence-corrected chi connectivity index (χ1v) is 8.07. The highest BCUT2D eigenvalue weighted by Gasteiger charge is 2.29. The number of rotatable bonds is 6. The predicted octanol–water partition coefficient (Wildman–Crippen LogP) is 1.45. The number of nitrogens with one attached hydrogen (secondary N) is 2. The summed E-state index contributed by atoms with van der Waals surface area (Å²) in [5, 5.41) is 0. The summed E-state index contributed by atoms with van der Waals surface area (Å²) in [7, 11) is -0.0554. The van der Waals surface area contributed by atoms with Gasteiger partial charge in [0, 0.05) is 19.6 Å². The summed E-state index contributed by atoms with van der Waals surface area (Å²) in [5.74, 6) is 0. The van der Waals surface area contributed by atoms with Gasteiger partial charge in [-0.05, 0) is 24.6 Å². The van der Waals surface area contributed by atoms with Crippen LogP contribution in [0.3, 0.4) is 0 Å². The molecule has 2 N–H and O–H groups in total. The summed E-state index contributed by atoms with van der Waals surface area (Å²) in [6, 6.07) is 8.49. The van der Waals surface area contributed by atoms with E-state index < -0.39 is 10.0 Å². The molecule has 0 aromatic heterocycles. The molecule has 1 aromatic carbocycles. The Hall–Kier alpha value is -0.950. The van der Waals surface area contributed by atoms with Crippen LogP contribution in [0.1, 0.15) is 20.8 Å². The lowest BCUT2D eigenvalue weighted by atomic mass is 9.87. The summed E-state index contributed by atoms with van der Waals surface area (Å²) in [6.45, 7) is 6.61. The molecule has 0 amide bonds. The van der Waals surface area contributed by atoms with E-state index in [1.54, 1.807) is 44.4 Å². The van der Waals surface area contributed by atoms with Gasteiger partial charge in [0.1, 0.15) is 0 Å². The third-order valence-corrected chi connectivity index (χ3v) is 5.09. The summed E-state index contributed by atoms with van der Waals surface area (Å²) >= 11 is 0. The molecule has 0 bridgehead atoms. The van der Waals surface area contributed by atoms with Crippen LogP contribution in [0.4, 0.5) is 0 Å². The van der Waals surface area contributed by atoms with Crippen molar-refractivity contribution in [1.82, 2.24) is 15.2 Å². The van der Waals surface area contributed by atoms with E-state index in [1.165, 1.54) is 4.31 Å². The molecule has 20 heavy (non-hydrogen) atoms. The Morgan fingerprint density at radius 1 is 1.20 bits per heavy atom. The van der Waals surface area contributed by atoms with Crippen LogP contribution in [0.5, 0.6) is 0 Å². The Morgan fingerprint density at radius 2 is 1.75 bits per heavy atom. The molecule has 0 unspecified atom stereocenters. The third-order valence-electron chi connectivity index (χ3n) is 3.26. The van der Waals surface area contributed by atoms with Crippen LogP contribution in [0.25, 0.3) is 0 Å². The maximum atomic E-state index is 12.5. The van der Waals surface area contributed by atoms with E-state index >= 15 is 0 Å². The zero-order valence-corrected chi connectivity index (χ0v) is 13.7. The van der Waals surface area contributed by atoms with Crippen LogP contribution in [-0.4, -0.2) is 39.4 Å². The van der Waals surface area contributed by atoms with Crippen molar-refractivity contribution in [1.29, 1.82) is 0 Å². The van der Waals surface area contributed by atoms with Gasteiger partial charge >= 0.3 is 0 Å². The Labute approximate surface area is 122 Å². The molecule has 0 saturated heterocycles. The van der Waals surface area contributed by atoms with Gasteiger partial charge in [0.2, 0.25) is 10.0 Å². The fourth-order valence-corrected chi connectivity index (χ4v) is 3.04. The second-order valence-electron chi connectivity index (χ2n) is 5.91. The normalized spacial score (nSPS) is 14.5. The van der Waals surface area contributed by atoms with E-state index in [9.17, 15) is 8.42 Å². The SMILES string of the molecule is CNN[C@H](CN(C)S(=O)(=O)c1ccccc1)C(C)(C)C. The predicted molar refractivity (Wildman–Crippen MR) is 81.7 cm³/mol. The monoisotopic (exact) mass is 299 g/mol. The minimum atomic E-state index is -3.45. The maximum absolute atomic E-state index is 12.5. The minimum absolute atomic E-state index is 0.00372. The lowest BCUT2D eigenvalue weighted by molar-refractivity contribution is 0.220. The molecule has 0 aliphatic carbocycles. The van der Waals surface area contributed by atoms with Crippen molar-refractivity contribution in [2.75, 3.05) is 20.6 Å². The number of hydrazine groups is 1. The molecule has 1 atom stereocenters. The van der Waals surface area contributed by atoms with Crippen molar-refractivity contribution in [2.45, 2.75) is 31.7 Å². The number of likely N-dealkylation sites (N-methyl/N-ethyl adjacent to an activating group) is 1. The van der Waals surface area contributed by atoms with Crippen LogP contribution in [0.2, 0.25) is 0 Å². The van der Waals surface area contributed by atoms with Gasteiger partial charge in [0.15, 0.2) is 0 Å². The number of nitrogens with zero attached hydrogens (tertiary/aromatic N) is 1. The minimum Gasteiger partial charge on any atom is -0.261 e. The molecule has 0 fully saturated rings. The molecule has 0 spiro atoms. The van der Waals surface area contributed by atoms with Gasteiger partial charge in [0.25, 0.3) is 0 Å². The van der Waals surface area contributed by atoms with Crippen molar-refractivity contribution >= 4 is 10.0 Å². The molecule has 0 aliphatic rings. The molecule has 5 nitrogen and oxygen atoms in total. The van der Waals surface area contributed by atoms with E-state index in [2.05, 4.69) is 31.6 Å². The fourth-order valence-electron chi connectivity index (χ4n) is 1.84. The highest BCUT2D eigenvalue weighted by Crippen LogP contribution is 2.22. The smallest absolute Gasteiger partial charge is 0.242 e. The van der Waals surface area contributed by atoms with E-state index in [1.807, 2.05) is 0 Å². The quantitative estimate of drug-likeness (QED) is 0.781. The third kappa shape index (κ3) is 4.28. The number of hydrogen-bond donors (Lipinski definition) is 2. The van der Waals surface area contributed by atoms with Crippen molar-refractivity contribution < 1.29 is 8.42 Å². The molecule has 1 rings (SSSR count). The van der Waals surface area contributed by atoms with E-state index in [0.29, 0.717) is 11.4 Å². The van der Waals surface area contributed by atoms with Crippen LogP contribution < -0.4 is 10.9 Å². The Bertz CT molecular complexity index is 509. The average molecular weight is 299 g/mol. The zero-order chi connectivity index (χ0) is 15.4. The van der Waals surface area contributed by atoms with Gasteiger partial charge in [-0.25, -0.2) is 8.42 Å². The second-order valence-corrected chi connectivity index (χ2v) is 7.96.